The second kappa shape index (κ2) is 17.7. The molecule has 10 aromatic carbocycles. The molecule has 0 bridgehead atoms. The Bertz CT molecular complexity index is 2520. The normalized spacial score (nSPS) is 10.5. The molecule has 10 aromatic rings. The molecule has 0 aliphatic carbocycles. The van der Waals surface area contributed by atoms with Gasteiger partial charge in [-0.25, -0.2) is 0 Å². The number of rotatable bonds is 5. The smallest absolute Gasteiger partial charge is 0.0105 e. The highest BCUT2D eigenvalue weighted by atomic mass is 14.1. The van der Waals surface area contributed by atoms with Crippen molar-refractivity contribution in [2.24, 2.45) is 0 Å². The van der Waals surface area contributed by atoms with Gasteiger partial charge in [0.1, 0.15) is 0 Å². The van der Waals surface area contributed by atoms with E-state index in [-0.39, 0.29) is 0 Å². The second-order valence-electron chi connectivity index (χ2n) is 13.7. The molecule has 0 aromatic heterocycles. The van der Waals surface area contributed by atoms with Crippen LogP contribution in [-0.2, 0) is 0 Å². The predicted octanol–water partition coefficient (Wildman–Crippen LogP) is 15.7. The van der Waals surface area contributed by atoms with E-state index in [0.29, 0.717) is 0 Å². The van der Waals surface area contributed by atoms with Gasteiger partial charge < -0.3 is 0 Å². The van der Waals surface area contributed by atoms with E-state index in [1.165, 1.54) is 77.2 Å². The summed E-state index contributed by atoms with van der Waals surface area (Å²) in [6.07, 6.45) is 0. The molecule has 0 heterocycles. The van der Waals surface area contributed by atoms with Gasteiger partial charge in [0.15, 0.2) is 0 Å². The largest absolute Gasteiger partial charge is 0.0622 e. The van der Waals surface area contributed by atoms with E-state index in [1.807, 2.05) is 0 Å². The van der Waals surface area contributed by atoms with Crippen molar-refractivity contribution in [3.63, 3.8) is 0 Å². The lowest BCUT2D eigenvalue weighted by molar-refractivity contribution is 1.58. The standard InChI is InChI=1S/C20H14.2C18H14/c1-2-6-15(7-3-1)18-10-11-19-12-16-8-4-5-9-17(16)13-20(19)14-18;2*1-3-9-15(10-4-1)17-13-7-8-14-18(17)16-11-5-2-6-12-16/h1-14H;2*1-14H. The Kier molecular flexibility index (Phi) is 11.3. The Labute approximate surface area is 330 Å². The van der Waals surface area contributed by atoms with Gasteiger partial charge in [-0.3, -0.25) is 0 Å². The maximum absolute atomic E-state index is 2.27. The van der Waals surface area contributed by atoms with Crippen LogP contribution in [0.2, 0.25) is 0 Å². The van der Waals surface area contributed by atoms with Gasteiger partial charge in [0, 0.05) is 0 Å². The fourth-order valence-electron chi connectivity index (χ4n) is 7.19. The first-order chi connectivity index (χ1) is 27.8. The first-order valence-electron chi connectivity index (χ1n) is 19.2. The third kappa shape index (κ3) is 8.57. The molecule has 56 heavy (non-hydrogen) atoms. The van der Waals surface area contributed by atoms with Crippen LogP contribution >= 0.6 is 0 Å². The lowest BCUT2D eigenvalue weighted by Gasteiger charge is -2.09. The van der Waals surface area contributed by atoms with Crippen LogP contribution in [0.15, 0.2) is 255 Å². The summed E-state index contributed by atoms with van der Waals surface area (Å²) < 4.78 is 0. The van der Waals surface area contributed by atoms with E-state index >= 15 is 0 Å². The minimum absolute atomic E-state index is 1.26. The molecule has 0 unspecified atom stereocenters. The fourth-order valence-corrected chi connectivity index (χ4v) is 7.19. The van der Waals surface area contributed by atoms with Crippen molar-refractivity contribution in [2.75, 3.05) is 0 Å². The van der Waals surface area contributed by atoms with Crippen LogP contribution < -0.4 is 0 Å². The molecule has 0 N–H and O–H groups in total. The summed E-state index contributed by atoms with van der Waals surface area (Å²) in [7, 11) is 0. The molecule has 266 valence electrons. The highest BCUT2D eigenvalue weighted by Gasteiger charge is 2.07. The van der Waals surface area contributed by atoms with Crippen LogP contribution in [0.1, 0.15) is 0 Å². The Hall–Kier alpha value is -7.28. The molecule has 0 fully saturated rings. The van der Waals surface area contributed by atoms with Crippen molar-refractivity contribution in [3.05, 3.63) is 255 Å². The van der Waals surface area contributed by atoms with Crippen molar-refractivity contribution in [3.8, 4) is 55.6 Å². The van der Waals surface area contributed by atoms with Gasteiger partial charge in [-0.15, -0.1) is 0 Å². The molecule has 0 saturated carbocycles. The number of fused-ring (bicyclic) bond motifs is 2. The van der Waals surface area contributed by atoms with Crippen LogP contribution in [0.3, 0.4) is 0 Å². The first kappa shape index (κ1) is 35.7. The zero-order chi connectivity index (χ0) is 37.8. The van der Waals surface area contributed by atoms with Gasteiger partial charge in [-0.05, 0) is 95.4 Å². The Morgan fingerprint density at radius 2 is 0.411 bits per heavy atom. The summed E-state index contributed by atoms with van der Waals surface area (Å²) in [6, 6.07) is 89.4. The van der Waals surface area contributed by atoms with Crippen molar-refractivity contribution in [2.45, 2.75) is 0 Å². The van der Waals surface area contributed by atoms with Gasteiger partial charge in [-0.1, -0.05) is 237 Å². The van der Waals surface area contributed by atoms with Crippen LogP contribution in [0.25, 0.3) is 77.2 Å². The Morgan fingerprint density at radius 1 is 0.143 bits per heavy atom. The molecule has 0 nitrogen and oxygen atoms in total. The summed E-state index contributed by atoms with van der Waals surface area (Å²) >= 11 is 0. The number of benzene rings is 10. The number of hydrogen-bond acceptors (Lipinski definition) is 0. The van der Waals surface area contributed by atoms with Crippen LogP contribution in [-0.4, -0.2) is 0 Å². The van der Waals surface area contributed by atoms with Crippen LogP contribution in [0, 0.1) is 0 Å². The molecule has 10 rings (SSSR count). The van der Waals surface area contributed by atoms with Crippen molar-refractivity contribution < 1.29 is 0 Å². The zero-order valence-corrected chi connectivity index (χ0v) is 31.2. The van der Waals surface area contributed by atoms with Crippen LogP contribution in [0.4, 0.5) is 0 Å². The zero-order valence-electron chi connectivity index (χ0n) is 31.2. The average Bonchev–Trinajstić information content (AvgIpc) is 3.30. The van der Waals surface area contributed by atoms with E-state index in [1.54, 1.807) is 0 Å². The quantitative estimate of drug-likeness (QED) is 0.156. The lowest BCUT2D eigenvalue weighted by Crippen LogP contribution is -1.83. The molecule has 0 aliphatic rings. The van der Waals surface area contributed by atoms with E-state index in [4.69, 9.17) is 0 Å². The summed E-state index contributed by atoms with van der Waals surface area (Å²) in [4.78, 5) is 0. The summed E-state index contributed by atoms with van der Waals surface area (Å²) in [5.74, 6) is 0. The molecule has 0 heteroatoms. The Morgan fingerprint density at radius 3 is 0.768 bits per heavy atom. The molecule has 0 spiro atoms. The van der Waals surface area contributed by atoms with Gasteiger partial charge in [0.25, 0.3) is 0 Å². The summed E-state index contributed by atoms with van der Waals surface area (Å²) in [5.41, 5.74) is 12.7. The molecule has 0 saturated heterocycles. The molecule has 0 aliphatic heterocycles. The third-order valence-electron chi connectivity index (χ3n) is 10.0. The monoisotopic (exact) mass is 714 g/mol. The molecular formula is C56H42. The minimum atomic E-state index is 1.26. The molecule has 0 atom stereocenters. The van der Waals surface area contributed by atoms with E-state index in [2.05, 4.69) is 255 Å². The molecular weight excluding hydrogens is 673 g/mol. The van der Waals surface area contributed by atoms with Crippen LogP contribution in [0.5, 0.6) is 0 Å². The Balaban J connectivity index is 0.000000118. The van der Waals surface area contributed by atoms with Crippen molar-refractivity contribution in [1.82, 2.24) is 0 Å². The van der Waals surface area contributed by atoms with Crippen molar-refractivity contribution >= 4 is 21.5 Å². The minimum Gasteiger partial charge on any atom is -0.0622 e. The first-order valence-corrected chi connectivity index (χ1v) is 19.2. The third-order valence-corrected chi connectivity index (χ3v) is 10.0. The van der Waals surface area contributed by atoms with E-state index in [9.17, 15) is 0 Å². The summed E-state index contributed by atoms with van der Waals surface area (Å²) in [6.45, 7) is 0. The van der Waals surface area contributed by atoms with Gasteiger partial charge in [0.05, 0.1) is 0 Å². The van der Waals surface area contributed by atoms with E-state index < -0.39 is 0 Å². The summed E-state index contributed by atoms with van der Waals surface area (Å²) in [5, 5.41) is 5.19. The lowest BCUT2D eigenvalue weighted by atomic mass is 9.95. The van der Waals surface area contributed by atoms with E-state index in [0.717, 1.165) is 0 Å². The molecule has 0 amide bonds. The average molecular weight is 715 g/mol. The fraction of sp³-hybridized carbons (Fsp3) is 0. The maximum Gasteiger partial charge on any atom is -0.0105 e. The SMILES string of the molecule is c1ccc(-c2ccc3cc4ccccc4cc3c2)cc1.c1ccc(-c2ccccc2-c2ccccc2)cc1.c1ccc(-c2ccccc2-c2ccccc2)cc1. The van der Waals surface area contributed by atoms with Gasteiger partial charge >= 0.3 is 0 Å². The predicted molar refractivity (Wildman–Crippen MR) is 242 cm³/mol. The maximum atomic E-state index is 2.27. The topological polar surface area (TPSA) is 0 Å². The van der Waals surface area contributed by atoms with Crippen molar-refractivity contribution in [1.29, 1.82) is 0 Å². The number of hydrogen-bond donors (Lipinski definition) is 0. The molecule has 0 radical (unpaired) electrons. The van der Waals surface area contributed by atoms with Gasteiger partial charge in [0.2, 0.25) is 0 Å². The second-order valence-corrected chi connectivity index (χ2v) is 13.7. The van der Waals surface area contributed by atoms with Gasteiger partial charge in [-0.2, -0.15) is 0 Å². The highest BCUT2D eigenvalue weighted by Crippen LogP contribution is 2.33. The highest BCUT2D eigenvalue weighted by molar-refractivity contribution is 5.99.